The molecule has 0 saturated carbocycles. The highest BCUT2D eigenvalue weighted by molar-refractivity contribution is 8.13. The summed E-state index contributed by atoms with van der Waals surface area (Å²) in [5, 5.41) is 0. The van der Waals surface area contributed by atoms with E-state index >= 15 is 0 Å². The van der Waals surface area contributed by atoms with Gasteiger partial charge in [-0.25, -0.2) is 16.8 Å². The molecule has 10 heteroatoms. The van der Waals surface area contributed by atoms with Gasteiger partial charge >= 0.3 is 6.18 Å². The Hall–Kier alpha value is -0.800. The molecular formula is C9H8ClF3O4S2. The number of alkyl halides is 3. The molecule has 1 rings (SSSR count). The Morgan fingerprint density at radius 3 is 2.05 bits per heavy atom. The SMILES string of the molecule is CS(=O)(=O)c1cccc(CS(=O)(=O)Cl)c1C(F)(F)F. The molecule has 0 amide bonds. The summed E-state index contributed by atoms with van der Waals surface area (Å²) in [6.45, 7) is 0. The molecule has 0 spiro atoms. The maximum atomic E-state index is 12.9. The predicted molar refractivity (Wildman–Crippen MR) is 63.0 cm³/mol. The van der Waals surface area contributed by atoms with Crippen molar-refractivity contribution in [2.75, 3.05) is 6.26 Å². The predicted octanol–water partition coefficient (Wildman–Crippen LogP) is 2.18. The van der Waals surface area contributed by atoms with Gasteiger partial charge in [0.05, 0.1) is 16.2 Å². The number of benzene rings is 1. The summed E-state index contributed by atoms with van der Waals surface area (Å²) in [6, 6.07) is 2.67. The molecule has 0 bridgehead atoms. The number of sulfone groups is 1. The van der Waals surface area contributed by atoms with Gasteiger partial charge in [-0.05, 0) is 11.6 Å². The van der Waals surface area contributed by atoms with Gasteiger partial charge in [0.25, 0.3) is 0 Å². The third kappa shape index (κ3) is 4.36. The highest BCUT2D eigenvalue weighted by Crippen LogP contribution is 2.37. The van der Waals surface area contributed by atoms with Crippen LogP contribution in [-0.2, 0) is 30.8 Å². The minimum atomic E-state index is -5.00. The summed E-state index contributed by atoms with van der Waals surface area (Å²) in [5.41, 5.74) is -2.20. The summed E-state index contributed by atoms with van der Waals surface area (Å²) < 4.78 is 83.2. The van der Waals surface area contributed by atoms with Crippen LogP contribution in [0.5, 0.6) is 0 Å². The van der Waals surface area contributed by atoms with E-state index < -0.39 is 46.8 Å². The molecule has 4 nitrogen and oxygen atoms in total. The molecular weight excluding hydrogens is 329 g/mol. The fourth-order valence-electron chi connectivity index (χ4n) is 1.51. The van der Waals surface area contributed by atoms with E-state index in [0.717, 1.165) is 18.2 Å². The van der Waals surface area contributed by atoms with E-state index in [2.05, 4.69) is 0 Å². The van der Waals surface area contributed by atoms with Gasteiger partial charge < -0.3 is 0 Å². The molecule has 1 aromatic carbocycles. The first kappa shape index (κ1) is 16.3. The normalized spacial score (nSPS) is 13.5. The Morgan fingerprint density at radius 1 is 1.16 bits per heavy atom. The molecule has 108 valence electrons. The molecule has 0 aliphatic carbocycles. The van der Waals surface area contributed by atoms with E-state index in [4.69, 9.17) is 10.7 Å². The maximum Gasteiger partial charge on any atom is 0.417 e. The minimum Gasteiger partial charge on any atom is -0.224 e. The lowest BCUT2D eigenvalue weighted by atomic mass is 10.1. The fraction of sp³-hybridized carbons (Fsp3) is 0.333. The lowest BCUT2D eigenvalue weighted by Crippen LogP contribution is -2.16. The maximum absolute atomic E-state index is 12.9. The largest absolute Gasteiger partial charge is 0.417 e. The molecule has 0 saturated heterocycles. The van der Waals surface area contributed by atoms with Gasteiger partial charge in [-0.15, -0.1) is 0 Å². The van der Waals surface area contributed by atoms with Gasteiger partial charge in [-0.1, -0.05) is 12.1 Å². The van der Waals surface area contributed by atoms with Crippen LogP contribution in [0.25, 0.3) is 0 Å². The van der Waals surface area contributed by atoms with Crippen LogP contribution in [0.4, 0.5) is 13.2 Å². The average Bonchev–Trinajstić information content (AvgIpc) is 2.11. The van der Waals surface area contributed by atoms with Gasteiger partial charge in [0.1, 0.15) is 0 Å². The van der Waals surface area contributed by atoms with Gasteiger partial charge in [0.2, 0.25) is 9.05 Å². The van der Waals surface area contributed by atoms with E-state index in [0.29, 0.717) is 6.26 Å². The highest BCUT2D eigenvalue weighted by atomic mass is 35.7. The summed E-state index contributed by atoms with van der Waals surface area (Å²) in [4.78, 5) is -0.974. The van der Waals surface area contributed by atoms with Crippen LogP contribution in [0.2, 0.25) is 0 Å². The van der Waals surface area contributed by atoms with Crippen LogP contribution >= 0.6 is 10.7 Å². The van der Waals surface area contributed by atoms with Crippen molar-refractivity contribution in [2.24, 2.45) is 0 Å². The summed E-state index contributed by atoms with van der Waals surface area (Å²) >= 11 is 0. The van der Waals surface area contributed by atoms with E-state index in [1.54, 1.807) is 0 Å². The lowest BCUT2D eigenvalue weighted by molar-refractivity contribution is -0.140. The zero-order valence-electron chi connectivity index (χ0n) is 9.40. The Kier molecular flexibility index (Phi) is 4.23. The minimum absolute atomic E-state index is 0.608. The van der Waals surface area contributed by atoms with Crippen molar-refractivity contribution in [1.82, 2.24) is 0 Å². The second kappa shape index (κ2) is 4.95. The molecule has 0 aliphatic rings. The smallest absolute Gasteiger partial charge is 0.224 e. The quantitative estimate of drug-likeness (QED) is 0.793. The molecule has 0 aliphatic heterocycles. The van der Waals surface area contributed by atoms with Gasteiger partial charge in [-0.2, -0.15) is 13.2 Å². The number of hydrogen-bond acceptors (Lipinski definition) is 4. The first-order valence-electron chi connectivity index (χ1n) is 4.64. The van der Waals surface area contributed by atoms with Crippen molar-refractivity contribution in [3.05, 3.63) is 29.3 Å². The monoisotopic (exact) mass is 336 g/mol. The second-order valence-corrected chi connectivity index (χ2v) is 8.50. The van der Waals surface area contributed by atoms with Crippen molar-refractivity contribution >= 4 is 29.6 Å². The van der Waals surface area contributed by atoms with Gasteiger partial charge in [0, 0.05) is 16.9 Å². The van der Waals surface area contributed by atoms with Crippen LogP contribution in [-0.4, -0.2) is 23.1 Å². The average molecular weight is 337 g/mol. The molecule has 0 fully saturated rings. The van der Waals surface area contributed by atoms with E-state index in [-0.39, 0.29) is 0 Å². The first-order valence-corrected chi connectivity index (χ1v) is 9.01. The van der Waals surface area contributed by atoms with Crippen molar-refractivity contribution in [2.45, 2.75) is 16.8 Å². The van der Waals surface area contributed by atoms with Crippen LogP contribution < -0.4 is 0 Å². The van der Waals surface area contributed by atoms with Crippen molar-refractivity contribution in [3.8, 4) is 0 Å². The molecule has 0 N–H and O–H groups in total. The first-order chi connectivity index (χ1) is 8.32. The Morgan fingerprint density at radius 2 is 1.68 bits per heavy atom. The zero-order valence-corrected chi connectivity index (χ0v) is 11.8. The number of halogens is 4. The summed E-state index contributed by atoms with van der Waals surface area (Å²) in [6.07, 6.45) is -4.40. The Labute approximate surface area is 112 Å². The van der Waals surface area contributed by atoms with E-state index in [1.807, 2.05) is 0 Å². The lowest BCUT2D eigenvalue weighted by Gasteiger charge is -2.15. The Balaban J connectivity index is 3.68. The molecule has 0 radical (unpaired) electrons. The number of hydrogen-bond donors (Lipinski definition) is 0. The Bertz CT molecular complexity index is 693. The fourth-order valence-corrected chi connectivity index (χ4v) is 3.42. The second-order valence-electron chi connectivity index (χ2n) is 3.74. The van der Waals surface area contributed by atoms with Crippen LogP contribution in [0.3, 0.4) is 0 Å². The molecule has 1 aromatic rings. The van der Waals surface area contributed by atoms with Crippen molar-refractivity contribution < 1.29 is 30.0 Å². The van der Waals surface area contributed by atoms with Crippen LogP contribution in [0.1, 0.15) is 11.1 Å². The van der Waals surface area contributed by atoms with Gasteiger partial charge in [-0.3, -0.25) is 0 Å². The molecule has 0 heterocycles. The standard InChI is InChI=1S/C9H8ClF3O4S2/c1-18(14,15)7-4-2-3-6(5-19(10,16)17)8(7)9(11,12)13/h2-4H,5H2,1H3. The van der Waals surface area contributed by atoms with E-state index in [1.165, 1.54) is 0 Å². The highest BCUT2D eigenvalue weighted by Gasteiger charge is 2.39. The van der Waals surface area contributed by atoms with E-state index in [9.17, 15) is 30.0 Å². The third-order valence-corrected chi connectivity index (χ3v) is 4.25. The molecule has 19 heavy (non-hydrogen) atoms. The summed E-state index contributed by atoms with van der Waals surface area (Å²) in [7, 11) is -3.49. The van der Waals surface area contributed by atoms with Crippen molar-refractivity contribution in [1.29, 1.82) is 0 Å². The zero-order chi connectivity index (χ0) is 15.1. The third-order valence-electron chi connectivity index (χ3n) is 2.12. The van der Waals surface area contributed by atoms with Gasteiger partial charge in [0.15, 0.2) is 9.84 Å². The van der Waals surface area contributed by atoms with Crippen LogP contribution in [0, 0.1) is 0 Å². The van der Waals surface area contributed by atoms with Crippen LogP contribution in [0.15, 0.2) is 23.1 Å². The molecule has 0 aromatic heterocycles. The number of rotatable bonds is 3. The summed E-state index contributed by atoms with van der Waals surface area (Å²) in [5.74, 6) is -1.10. The topological polar surface area (TPSA) is 68.3 Å². The van der Waals surface area contributed by atoms with Crippen molar-refractivity contribution in [3.63, 3.8) is 0 Å². The molecule has 0 unspecified atom stereocenters. The molecule has 0 atom stereocenters.